The number of fused-ring (bicyclic) bond motifs is 1. The van der Waals surface area contributed by atoms with Crippen molar-refractivity contribution >= 4 is 28.7 Å². The molecule has 0 radical (unpaired) electrons. The van der Waals surface area contributed by atoms with Crippen LogP contribution in [0.5, 0.6) is 0 Å². The van der Waals surface area contributed by atoms with Crippen molar-refractivity contribution < 1.29 is 14.3 Å². The Morgan fingerprint density at radius 3 is 2.84 bits per heavy atom. The molecule has 3 rings (SSSR count). The Balaban J connectivity index is 1.58. The van der Waals surface area contributed by atoms with E-state index in [1.54, 1.807) is 24.4 Å². The van der Waals surface area contributed by atoms with Crippen molar-refractivity contribution in [1.82, 2.24) is 9.38 Å². The highest BCUT2D eigenvalue weighted by atomic mass is 32.1. The zero-order valence-corrected chi connectivity index (χ0v) is 14.4. The smallest absolute Gasteiger partial charge is 0.306 e. The van der Waals surface area contributed by atoms with Gasteiger partial charge in [-0.1, -0.05) is 12.1 Å². The number of ether oxygens (including phenoxy) is 1. The van der Waals surface area contributed by atoms with E-state index in [9.17, 15) is 14.4 Å². The highest BCUT2D eigenvalue weighted by molar-refractivity contribution is 7.12. The van der Waals surface area contributed by atoms with Gasteiger partial charge in [0.15, 0.2) is 5.78 Å². The van der Waals surface area contributed by atoms with Crippen LogP contribution in [0.3, 0.4) is 0 Å². The minimum atomic E-state index is -0.490. The first-order valence-corrected chi connectivity index (χ1v) is 8.62. The summed E-state index contributed by atoms with van der Waals surface area (Å²) in [5.74, 6) is -0.569. The summed E-state index contributed by atoms with van der Waals surface area (Å²) in [6, 6.07) is 8.46. The lowest BCUT2D eigenvalue weighted by Gasteiger charge is -2.06. The molecule has 0 saturated carbocycles. The lowest BCUT2D eigenvalue weighted by molar-refractivity contribution is -0.145. The zero-order valence-electron chi connectivity index (χ0n) is 13.6. The molecule has 0 amide bonds. The topological polar surface area (TPSA) is 77.7 Å². The second-order valence-electron chi connectivity index (χ2n) is 5.58. The summed E-state index contributed by atoms with van der Waals surface area (Å²) < 4.78 is 6.57. The Hall–Kier alpha value is -2.80. The maximum atomic E-state index is 12.1. The van der Waals surface area contributed by atoms with Gasteiger partial charge in [0.2, 0.25) is 0 Å². The summed E-state index contributed by atoms with van der Waals surface area (Å²) in [4.78, 5) is 40.7. The van der Waals surface area contributed by atoms with Crippen LogP contribution in [0.4, 0.5) is 0 Å². The zero-order chi connectivity index (χ0) is 17.8. The number of carbonyl (C=O) groups is 2. The van der Waals surface area contributed by atoms with Gasteiger partial charge < -0.3 is 4.74 Å². The van der Waals surface area contributed by atoms with Crippen molar-refractivity contribution in [1.29, 1.82) is 0 Å². The second-order valence-corrected chi connectivity index (χ2v) is 6.53. The predicted molar refractivity (Wildman–Crippen MR) is 93.9 cm³/mol. The van der Waals surface area contributed by atoms with Gasteiger partial charge in [-0.2, -0.15) is 0 Å². The number of rotatable bonds is 6. The predicted octanol–water partition coefficient (Wildman–Crippen LogP) is 2.77. The quantitative estimate of drug-likeness (QED) is 0.501. The molecule has 6 nitrogen and oxygen atoms in total. The molecule has 0 unspecified atom stereocenters. The molecule has 0 aliphatic heterocycles. The van der Waals surface area contributed by atoms with E-state index in [1.807, 2.05) is 18.4 Å². The van der Waals surface area contributed by atoms with Crippen molar-refractivity contribution in [2.75, 3.05) is 0 Å². The van der Waals surface area contributed by atoms with Crippen LogP contribution in [0.15, 0.2) is 46.7 Å². The van der Waals surface area contributed by atoms with Crippen LogP contribution < -0.4 is 5.56 Å². The third kappa shape index (κ3) is 4.19. The molecule has 3 heterocycles. The van der Waals surface area contributed by atoms with Gasteiger partial charge in [0, 0.05) is 18.7 Å². The normalized spacial score (nSPS) is 10.8. The molecule has 3 aromatic heterocycles. The van der Waals surface area contributed by atoms with Gasteiger partial charge in [-0.3, -0.25) is 18.8 Å². The van der Waals surface area contributed by atoms with Crippen molar-refractivity contribution in [3.05, 3.63) is 68.4 Å². The van der Waals surface area contributed by atoms with Crippen LogP contribution in [0.25, 0.3) is 5.65 Å². The minimum absolute atomic E-state index is 0.00247. The molecular formula is C18H16N2O4S. The van der Waals surface area contributed by atoms with Gasteiger partial charge in [-0.25, -0.2) is 4.98 Å². The lowest BCUT2D eigenvalue weighted by atomic mass is 10.2. The van der Waals surface area contributed by atoms with Crippen molar-refractivity contribution in [2.24, 2.45) is 0 Å². The van der Waals surface area contributed by atoms with E-state index in [0.29, 0.717) is 16.2 Å². The number of thiophene rings is 1. The molecule has 128 valence electrons. The molecule has 7 heteroatoms. The fourth-order valence-electron chi connectivity index (χ4n) is 2.33. The monoisotopic (exact) mass is 356 g/mol. The van der Waals surface area contributed by atoms with Crippen LogP contribution in [0, 0.1) is 6.92 Å². The van der Waals surface area contributed by atoms with E-state index < -0.39 is 5.97 Å². The number of nitrogens with zero attached hydrogens (tertiary/aromatic N) is 2. The van der Waals surface area contributed by atoms with E-state index in [0.717, 1.165) is 5.56 Å². The summed E-state index contributed by atoms with van der Waals surface area (Å²) in [6.07, 6.45) is 1.81. The Morgan fingerprint density at radius 2 is 2.08 bits per heavy atom. The number of pyridine rings is 1. The van der Waals surface area contributed by atoms with Gasteiger partial charge in [0.25, 0.3) is 5.56 Å². The van der Waals surface area contributed by atoms with Crippen LogP contribution in [-0.4, -0.2) is 21.1 Å². The van der Waals surface area contributed by atoms with E-state index in [2.05, 4.69) is 4.98 Å². The summed E-state index contributed by atoms with van der Waals surface area (Å²) in [6.45, 7) is 1.80. The molecule has 0 atom stereocenters. The van der Waals surface area contributed by atoms with Gasteiger partial charge in [-0.05, 0) is 30.0 Å². The summed E-state index contributed by atoms with van der Waals surface area (Å²) in [7, 11) is 0. The van der Waals surface area contributed by atoms with Crippen LogP contribution in [0.1, 0.15) is 33.8 Å². The molecule has 0 spiro atoms. The molecule has 0 aliphatic rings. The Bertz CT molecular complexity index is 976. The molecule has 0 aromatic carbocycles. The number of ketones is 1. The van der Waals surface area contributed by atoms with Gasteiger partial charge >= 0.3 is 5.97 Å². The molecule has 0 aliphatic carbocycles. The number of hydrogen-bond donors (Lipinski definition) is 0. The summed E-state index contributed by atoms with van der Waals surface area (Å²) >= 11 is 1.35. The number of hydrogen-bond acceptors (Lipinski definition) is 6. The Labute approximate surface area is 147 Å². The maximum absolute atomic E-state index is 12.1. The first kappa shape index (κ1) is 17.0. The van der Waals surface area contributed by atoms with Crippen molar-refractivity contribution in [3.63, 3.8) is 0 Å². The molecule has 0 N–H and O–H groups in total. The molecule has 0 saturated heterocycles. The standard InChI is InChI=1S/C18H16N2O4S/c1-12-4-6-16-19-13(9-17(22)20(16)10-12)11-24-18(23)7-5-14(21)15-3-2-8-25-15/h2-4,6,8-10H,5,7,11H2,1H3. The van der Waals surface area contributed by atoms with Crippen LogP contribution in [-0.2, 0) is 16.1 Å². The largest absolute Gasteiger partial charge is 0.459 e. The van der Waals surface area contributed by atoms with Gasteiger partial charge in [0.05, 0.1) is 17.0 Å². The number of esters is 1. The van der Waals surface area contributed by atoms with Crippen LogP contribution in [0.2, 0.25) is 0 Å². The lowest BCUT2D eigenvalue weighted by Crippen LogP contribution is -2.17. The van der Waals surface area contributed by atoms with E-state index in [-0.39, 0.29) is 30.8 Å². The van der Waals surface area contributed by atoms with Gasteiger partial charge in [0.1, 0.15) is 12.3 Å². The first-order valence-electron chi connectivity index (χ1n) is 7.74. The number of carbonyl (C=O) groups excluding carboxylic acids is 2. The fraction of sp³-hybridized carbons (Fsp3) is 0.222. The first-order chi connectivity index (χ1) is 12.0. The van der Waals surface area contributed by atoms with E-state index in [4.69, 9.17) is 4.74 Å². The molecule has 25 heavy (non-hydrogen) atoms. The average molecular weight is 356 g/mol. The van der Waals surface area contributed by atoms with Gasteiger partial charge in [-0.15, -0.1) is 11.3 Å². The number of Topliss-reactive ketones (excluding diaryl/α,β-unsaturated/α-hetero) is 1. The SMILES string of the molecule is Cc1ccc2nc(COC(=O)CCC(=O)c3cccs3)cc(=O)n2c1. The third-order valence-corrected chi connectivity index (χ3v) is 4.50. The maximum Gasteiger partial charge on any atom is 0.306 e. The summed E-state index contributed by atoms with van der Waals surface area (Å²) in [5, 5.41) is 1.82. The van der Waals surface area contributed by atoms with Crippen LogP contribution >= 0.6 is 11.3 Å². The van der Waals surface area contributed by atoms with E-state index in [1.165, 1.54) is 21.8 Å². The summed E-state index contributed by atoms with van der Waals surface area (Å²) in [5.41, 5.74) is 1.60. The molecule has 0 fully saturated rings. The van der Waals surface area contributed by atoms with Crippen molar-refractivity contribution in [3.8, 4) is 0 Å². The number of aryl methyl sites for hydroxylation is 1. The fourth-order valence-corrected chi connectivity index (χ4v) is 3.03. The minimum Gasteiger partial charge on any atom is -0.459 e. The number of aromatic nitrogens is 2. The second kappa shape index (κ2) is 7.40. The third-order valence-electron chi connectivity index (χ3n) is 3.59. The van der Waals surface area contributed by atoms with Crippen molar-refractivity contribution in [2.45, 2.75) is 26.4 Å². The highest BCUT2D eigenvalue weighted by Gasteiger charge is 2.12. The molecular weight excluding hydrogens is 340 g/mol. The highest BCUT2D eigenvalue weighted by Crippen LogP contribution is 2.12. The molecule has 3 aromatic rings. The Morgan fingerprint density at radius 1 is 1.24 bits per heavy atom. The Kier molecular flexibility index (Phi) is 5.04. The molecule has 0 bridgehead atoms. The van der Waals surface area contributed by atoms with E-state index >= 15 is 0 Å². The average Bonchev–Trinajstić information content (AvgIpc) is 3.13.